The summed E-state index contributed by atoms with van der Waals surface area (Å²) in [5, 5.41) is 8.98. The summed E-state index contributed by atoms with van der Waals surface area (Å²) in [6, 6.07) is 5.19. The minimum absolute atomic E-state index is 0.385. The number of anilines is 1. The zero-order valence-corrected chi connectivity index (χ0v) is 11.2. The van der Waals surface area contributed by atoms with Crippen molar-refractivity contribution in [1.29, 1.82) is 0 Å². The van der Waals surface area contributed by atoms with Crippen molar-refractivity contribution in [2.75, 3.05) is 18.0 Å². The van der Waals surface area contributed by atoms with Crippen LogP contribution in [0.4, 0.5) is 5.69 Å². The predicted octanol–water partition coefficient (Wildman–Crippen LogP) is 1.46. The van der Waals surface area contributed by atoms with E-state index in [9.17, 15) is 9.59 Å². The van der Waals surface area contributed by atoms with Crippen molar-refractivity contribution in [3.05, 3.63) is 28.2 Å². The number of carbonyl (C=O) groups is 2. The van der Waals surface area contributed by atoms with E-state index in [2.05, 4.69) is 15.9 Å². The van der Waals surface area contributed by atoms with E-state index in [4.69, 9.17) is 10.8 Å². The Bertz CT molecular complexity index is 504. The lowest BCUT2D eigenvalue weighted by Gasteiger charge is -2.20. The first-order chi connectivity index (χ1) is 8.49. The van der Waals surface area contributed by atoms with Gasteiger partial charge in [-0.3, -0.25) is 9.59 Å². The molecule has 96 valence electrons. The minimum atomic E-state index is -0.798. The van der Waals surface area contributed by atoms with Gasteiger partial charge in [0.2, 0.25) is 0 Å². The standard InChI is InChI=1S/C12H13BrN2O3/c13-8-1-2-9(11(14)16)10(5-8)15-4-3-7(6-15)12(17)18/h1-2,5,7H,3-4,6H2,(H2,14,16)(H,17,18). The maximum absolute atomic E-state index is 11.4. The molecule has 1 aromatic rings. The molecule has 5 nitrogen and oxygen atoms in total. The molecule has 3 N–H and O–H groups in total. The van der Waals surface area contributed by atoms with Gasteiger partial charge in [-0.2, -0.15) is 0 Å². The number of aliphatic carboxylic acids is 1. The highest BCUT2D eigenvalue weighted by Gasteiger charge is 2.29. The topological polar surface area (TPSA) is 83.6 Å². The third-order valence-electron chi connectivity index (χ3n) is 3.10. The molecule has 1 aromatic carbocycles. The summed E-state index contributed by atoms with van der Waals surface area (Å²) in [7, 11) is 0. The fourth-order valence-electron chi connectivity index (χ4n) is 2.16. The highest BCUT2D eigenvalue weighted by Crippen LogP contribution is 2.29. The van der Waals surface area contributed by atoms with Gasteiger partial charge in [-0.05, 0) is 24.6 Å². The van der Waals surface area contributed by atoms with Crippen LogP contribution in [-0.2, 0) is 4.79 Å². The van der Waals surface area contributed by atoms with Gasteiger partial charge in [0, 0.05) is 17.6 Å². The van der Waals surface area contributed by atoms with Crippen LogP contribution in [0.5, 0.6) is 0 Å². The third kappa shape index (κ3) is 2.48. The maximum Gasteiger partial charge on any atom is 0.308 e. The Balaban J connectivity index is 2.31. The van der Waals surface area contributed by atoms with E-state index in [1.165, 1.54) is 0 Å². The summed E-state index contributed by atoms with van der Waals surface area (Å²) in [6.45, 7) is 1.03. The third-order valence-corrected chi connectivity index (χ3v) is 3.60. The Labute approximate surface area is 113 Å². The normalized spacial score (nSPS) is 18.9. The molecular formula is C12H13BrN2O3. The smallest absolute Gasteiger partial charge is 0.308 e. The van der Waals surface area contributed by atoms with Crippen LogP contribution in [0.15, 0.2) is 22.7 Å². The summed E-state index contributed by atoms with van der Waals surface area (Å²) in [5.74, 6) is -1.69. The predicted molar refractivity (Wildman–Crippen MR) is 70.6 cm³/mol. The number of carbonyl (C=O) groups excluding carboxylic acids is 1. The van der Waals surface area contributed by atoms with Gasteiger partial charge in [0.05, 0.1) is 17.2 Å². The second-order valence-electron chi connectivity index (χ2n) is 4.30. The Morgan fingerprint density at radius 1 is 1.44 bits per heavy atom. The van der Waals surface area contributed by atoms with E-state index in [-0.39, 0.29) is 5.92 Å². The van der Waals surface area contributed by atoms with Crippen LogP contribution in [0, 0.1) is 5.92 Å². The Morgan fingerprint density at radius 2 is 2.17 bits per heavy atom. The molecule has 0 aromatic heterocycles. The average Bonchev–Trinajstić information content (AvgIpc) is 2.77. The molecule has 0 aliphatic carbocycles. The number of nitrogens with zero attached hydrogens (tertiary/aromatic N) is 1. The quantitative estimate of drug-likeness (QED) is 0.885. The molecule has 1 fully saturated rings. The summed E-state index contributed by atoms with van der Waals surface area (Å²) < 4.78 is 0.835. The van der Waals surface area contributed by atoms with Crippen LogP contribution >= 0.6 is 15.9 Å². The van der Waals surface area contributed by atoms with E-state index in [0.29, 0.717) is 30.8 Å². The monoisotopic (exact) mass is 312 g/mol. The molecule has 1 amide bonds. The molecule has 2 rings (SSSR count). The Kier molecular flexibility index (Phi) is 3.56. The number of hydrogen-bond donors (Lipinski definition) is 2. The second kappa shape index (κ2) is 4.97. The number of carboxylic acids is 1. The number of primary amides is 1. The largest absolute Gasteiger partial charge is 0.481 e. The zero-order chi connectivity index (χ0) is 13.3. The molecular weight excluding hydrogens is 300 g/mol. The average molecular weight is 313 g/mol. The number of hydrogen-bond acceptors (Lipinski definition) is 3. The molecule has 0 saturated carbocycles. The fourth-order valence-corrected chi connectivity index (χ4v) is 2.50. The lowest BCUT2D eigenvalue weighted by Crippen LogP contribution is -2.25. The van der Waals surface area contributed by atoms with Crippen LogP contribution < -0.4 is 10.6 Å². The molecule has 0 radical (unpaired) electrons. The Morgan fingerprint density at radius 3 is 2.72 bits per heavy atom. The number of nitrogens with two attached hydrogens (primary N) is 1. The van der Waals surface area contributed by atoms with Gasteiger partial charge < -0.3 is 15.7 Å². The molecule has 6 heteroatoms. The van der Waals surface area contributed by atoms with Crippen molar-refractivity contribution < 1.29 is 14.7 Å². The number of carboxylic acid groups (broad SMARTS) is 1. The van der Waals surface area contributed by atoms with E-state index < -0.39 is 11.9 Å². The maximum atomic E-state index is 11.4. The molecule has 18 heavy (non-hydrogen) atoms. The van der Waals surface area contributed by atoms with Crippen molar-refractivity contribution in [2.45, 2.75) is 6.42 Å². The Hall–Kier alpha value is -1.56. The van der Waals surface area contributed by atoms with Crippen LogP contribution in [-0.4, -0.2) is 30.1 Å². The second-order valence-corrected chi connectivity index (χ2v) is 5.21. The van der Waals surface area contributed by atoms with Crippen molar-refractivity contribution in [2.24, 2.45) is 11.7 Å². The molecule has 1 unspecified atom stereocenters. The molecule has 1 aliphatic heterocycles. The van der Waals surface area contributed by atoms with Crippen LogP contribution in [0.1, 0.15) is 16.8 Å². The number of halogens is 1. The summed E-state index contributed by atoms with van der Waals surface area (Å²) in [5.41, 5.74) is 6.45. The van der Waals surface area contributed by atoms with Gasteiger partial charge in [-0.15, -0.1) is 0 Å². The van der Waals surface area contributed by atoms with Crippen molar-refractivity contribution in [3.63, 3.8) is 0 Å². The van der Waals surface area contributed by atoms with Crippen molar-refractivity contribution in [3.8, 4) is 0 Å². The van der Waals surface area contributed by atoms with Gasteiger partial charge in [-0.25, -0.2) is 0 Å². The van der Waals surface area contributed by atoms with Gasteiger partial charge in [0.25, 0.3) is 5.91 Å². The minimum Gasteiger partial charge on any atom is -0.481 e. The lowest BCUT2D eigenvalue weighted by molar-refractivity contribution is -0.140. The summed E-state index contributed by atoms with van der Waals surface area (Å²) in [4.78, 5) is 24.2. The summed E-state index contributed by atoms with van der Waals surface area (Å²) >= 11 is 3.34. The molecule has 0 bridgehead atoms. The van der Waals surface area contributed by atoms with Crippen molar-refractivity contribution in [1.82, 2.24) is 0 Å². The van der Waals surface area contributed by atoms with Crippen LogP contribution in [0.25, 0.3) is 0 Å². The number of rotatable bonds is 3. The van der Waals surface area contributed by atoms with Crippen molar-refractivity contribution >= 4 is 33.5 Å². The van der Waals surface area contributed by atoms with E-state index >= 15 is 0 Å². The van der Waals surface area contributed by atoms with E-state index in [1.54, 1.807) is 18.2 Å². The first kappa shape index (κ1) is 12.9. The van der Waals surface area contributed by atoms with E-state index in [1.807, 2.05) is 4.90 Å². The molecule has 0 spiro atoms. The van der Waals surface area contributed by atoms with Crippen LogP contribution in [0.2, 0.25) is 0 Å². The first-order valence-electron chi connectivity index (χ1n) is 5.56. The number of amides is 1. The fraction of sp³-hybridized carbons (Fsp3) is 0.333. The molecule has 1 heterocycles. The first-order valence-corrected chi connectivity index (χ1v) is 6.35. The summed E-state index contributed by atoms with van der Waals surface area (Å²) in [6.07, 6.45) is 0.583. The highest BCUT2D eigenvalue weighted by molar-refractivity contribution is 9.10. The zero-order valence-electron chi connectivity index (χ0n) is 9.60. The molecule has 1 saturated heterocycles. The van der Waals surface area contributed by atoms with E-state index in [0.717, 1.165) is 4.47 Å². The van der Waals surface area contributed by atoms with Gasteiger partial charge in [0.1, 0.15) is 0 Å². The van der Waals surface area contributed by atoms with Gasteiger partial charge >= 0.3 is 5.97 Å². The molecule has 1 aliphatic rings. The van der Waals surface area contributed by atoms with Crippen LogP contribution in [0.3, 0.4) is 0 Å². The number of benzene rings is 1. The molecule has 1 atom stereocenters. The highest BCUT2D eigenvalue weighted by atomic mass is 79.9. The van der Waals surface area contributed by atoms with Gasteiger partial charge in [0.15, 0.2) is 0 Å². The lowest BCUT2D eigenvalue weighted by atomic mass is 10.1. The van der Waals surface area contributed by atoms with Gasteiger partial charge in [-0.1, -0.05) is 15.9 Å². The SMILES string of the molecule is NC(=O)c1ccc(Br)cc1N1CCC(C(=O)O)C1.